The third kappa shape index (κ3) is 5.16. The second kappa shape index (κ2) is 12.5. The maximum Gasteiger partial charge on any atom is 0.0541 e. The zero-order valence-electron chi connectivity index (χ0n) is 29.8. The minimum Gasteiger partial charge on any atom is -0.309 e. The molecule has 0 aliphatic rings. The van der Waals surface area contributed by atoms with E-state index in [-0.39, 0.29) is 0 Å². The van der Waals surface area contributed by atoms with Gasteiger partial charge in [-0.1, -0.05) is 158 Å². The topological polar surface area (TPSA) is 4.93 Å². The third-order valence-corrected chi connectivity index (χ3v) is 11.1. The number of hydrogen-bond donors (Lipinski definition) is 0. The van der Waals surface area contributed by atoms with Gasteiger partial charge in [-0.25, -0.2) is 0 Å². The SMILES string of the molecule is Cc1cc2c(-c3ccccc3)c3ccccc3c(-c3ccc(-c4ccc(-c5ccc6c(c5)c5ccccc5n6-c5ccccc5)cc4)cc3)c2cc1C. The highest BCUT2D eigenvalue weighted by atomic mass is 15.0. The van der Waals surface area contributed by atoms with Gasteiger partial charge in [-0.15, -0.1) is 0 Å². The lowest BCUT2D eigenvalue weighted by molar-refractivity contribution is 1.18. The molecule has 0 saturated heterocycles. The Morgan fingerprint density at radius 2 is 0.698 bits per heavy atom. The quantitative estimate of drug-likeness (QED) is 0.160. The lowest BCUT2D eigenvalue weighted by Crippen LogP contribution is -1.93. The number of nitrogens with zero attached hydrogens (tertiary/aromatic N) is 1. The zero-order chi connectivity index (χ0) is 35.5. The standard InChI is InChI=1S/C52H37N/c1-34-31-47-48(32-35(34)2)52(45-19-10-9-18-44(45)51(47)39-13-5-3-6-14-39)40-27-25-37(26-28-40)36-21-23-38(24-22-36)41-29-30-50-46(33-41)43-17-11-12-20-49(43)53(50)42-15-7-4-8-16-42/h3-33H,1-2H3. The molecule has 0 bridgehead atoms. The van der Waals surface area contributed by atoms with Gasteiger partial charge in [-0.3, -0.25) is 0 Å². The third-order valence-electron chi connectivity index (χ3n) is 11.1. The predicted octanol–water partition coefficient (Wildman–Crippen LogP) is 14.4. The van der Waals surface area contributed by atoms with Gasteiger partial charge in [-0.2, -0.15) is 0 Å². The highest BCUT2D eigenvalue weighted by Crippen LogP contribution is 2.45. The smallest absolute Gasteiger partial charge is 0.0541 e. The Balaban J connectivity index is 1.03. The second-order valence-electron chi connectivity index (χ2n) is 14.2. The van der Waals surface area contributed by atoms with Crippen molar-refractivity contribution in [3.05, 3.63) is 199 Å². The molecule has 9 aromatic carbocycles. The average molecular weight is 676 g/mol. The Morgan fingerprint density at radius 3 is 1.28 bits per heavy atom. The minimum absolute atomic E-state index is 1.18. The van der Waals surface area contributed by atoms with E-state index >= 15 is 0 Å². The van der Waals surface area contributed by atoms with Crippen LogP contribution in [0.25, 0.3) is 93.5 Å². The van der Waals surface area contributed by atoms with E-state index in [4.69, 9.17) is 0 Å². The molecule has 10 rings (SSSR count). The van der Waals surface area contributed by atoms with E-state index in [2.05, 4.69) is 206 Å². The van der Waals surface area contributed by atoms with Crippen molar-refractivity contribution in [3.63, 3.8) is 0 Å². The summed E-state index contributed by atoms with van der Waals surface area (Å²) < 4.78 is 2.37. The second-order valence-corrected chi connectivity index (χ2v) is 14.2. The maximum atomic E-state index is 2.39. The van der Waals surface area contributed by atoms with Crippen molar-refractivity contribution in [3.8, 4) is 50.2 Å². The first-order valence-corrected chi connectivity index (χ1v) is 18.4. The summed E-state index contributed by atoms with van der Waals surface area (Å²) in [6, 6.07) is 69.0. The van der Waals surface area contributed by atoms with Crippen molar-refractivity contribution in [2.45, 2.75) is 13.8 Å². The van der Waals surface area contributed by atoms with E-state index in [1.807, 2.05) is 0 Å². The van der Waals surface area contributed by atoms with Crippen LogP contribution < -0.4 is 0 Å². The maximum absolute atomic E-state index is 2.39. The molecule has 1 heteroatoms. The summed E-state index contributed by atoms with van der Waals surface area (Å²) in [6.45, 7) is 4.45. The summed E-state index contributed by atoms with van der Waals surface area (Å²) in [7, 11) is 0. The van der Waals surface area contributed by atoms with Crippen LogP contribution >= 0.6 is 0 Å². The van der Waals surface area contributed by atoms with E-state index in [0.29, 0.717) is 0 Å². The van der Waals surface area contributed by atoms with E-state index < -0.39 is 0 Å². The number of benzene rings is 9. The molecule has 0 atom stereocenters. The monoisotopic (exact) mass is 675 g/mol. The first-order chi connectivity index (χ1) is 26.1. The number of fused-ring (bicyclic) bond motifs is 5. The van der Waals surface area contributed by atoms with Crippen LogP contribution in [-0.4, -0.2) is 4.57 Å². The highest BCUT2D eigenvalue weighted by molar-refractivity contribution is 6.21. The summed E-state index contributed by atoms with van der Waals surface area (Å²) in [5.74, 6) is 0. The normalized spacial score (nSPS) is 11.6. The fourth-order valence-corrected chi connectivity index (χ4v) is 8.36. The molecule has 0 aliphatic heterocycles. The lowest BCUT2D eigenvalue weighted by Gasteiger charge is -2.19. The number of hydrogen-bond acceptors (Lipinski definition) is 0. The molecule has 0 radical (unpaired) electrons. The van der Waals surface area contributed by atoms with Gasteiger partial charge in [0.15, 0.2) is 0 Å². The van der Waals surface area contributed by atoms with E-state index in [1.165, 1.54) is 105 Å². The van der Waals surface area contributed by atoms with Crippen LogP contribution in [0.2, 0.25) is 0 Å². The predicted molar refractivity (Wildman–Crippen MR) is 227 cm³/mol. The van der Waals surface area contributed by atoms with Crippen molar-refractivity contribution in [2.24, 2.45) is 0 Å². The fraction of sp³-hybridized carbons (Fsp3) is 0.0385. The minimum atomic E-state index is 1.18. The van der Waals surface area contributed by atoms with E-state index in [0.717, 1.165) is 0 Å². The number of rotatable bonds is 5. The molecule has 0 N–H and O–H groups in total. The van der Waals surface area contributed by atoms with Crippen molar-refractivity contribution < 1.29 is 0 Å². The Hall–Kier alpha value is -6.70. The van der Waals surface area contributed by atoms with Crippen LogP contribution in [0.4, 0.5) is 0 Å². The van der Waals surface area contributed by atoms with E-state index in [1.54, 1.807) is 0 Å². The van der Waals surface area contributed by atoms with Crippen LogP contribution in [0.15, 0.2) is 188 Å². The molecular weight excluding hydrogens is 639 g/mol. The number of aromatic nitrogens is 1. The first-order valence-electron chi connectivity index (χ1n) is 18.4. The van der Waals surface area contributed by atoms with Crippen molar-refractivity contribution in [1.82, 2.24) is 4.57 Å². The van der Waals surface area contributed by atoms with Crippen LogP contribution in [0.5, 0.6) is 0 Å². The van der Waals surface area contributed by atoms with Crippen molar-refractivity contribution in [1.29, 1.82) is 0 Å². The Bertz CT molecular complexity index is 2970. The molecule has 0 fully saturated rings. The molecule has 0 unspecified atom stereocenters. The molecular formula is C52H37N. The van der Waals surface area contributed by atoms with Gasteiger partial charge < -0.3 is 4.57 Å². The van der Waals surface area contributed by atoms with Gasteiger partial charge in [0.1, 0.15) is 0 Å². The molecule has 53 heavy (non-hydrogen) atoms. The molecule has 250 valence electrons. The highest BCUT2D eigenvalue weighted by Gasteiger charge is 2.18. The summed E-state index contributed by atoms with van der Waals surface area (Å²) in [6.07, 6.45) is 0. The molecule has 10 aromatic rings. The van der Waals surface area contributed by atoms with Gasteiger partial charge in [0, 0.05) is 16.5 Å². The van der Waals surface area contributed by atoms with Crippen LogP contribution in [-0.2, 0) is 0 Å². The van der Waals surface area contributed by atoms with Crippen molar-refractivity contribution >= 4 is 43.4 Å². The van der Waals surface area contributed by atoms with Crippen molar-refractivity contribution in [2.75, 3.05) is 0 Å². The average Bonchev–Trinajstić information content (AvgIpc) is 3.55. The Labute approximate surface area is 310 Å². The number of para-hydroxylation sites is 2. The summed E-state index contributed by atoms with van der Waals surface area (Å²) in [4.78, 5) is 0. The molecule has 0 amide bonds. The molecule has 0 aliphatic carbocycles. The molecule has 0 saturated carbocycles. The van der Waals surface area contributed by atoms with Crippen LogP contribution in [0.1, 0.15) is 11.1 Å². The fourth-order valence-electron chi connectivity index (χ4n) is 8.36. The van der Waals surface area contributed by atoms with Crippen LogP contribution in [0.3, 0.4) is 0 Å². The zero-order valence-corrected chi connectivity index (χ0v) is 29.8. The van der Waals surface area contributed by atoms with E-state index in [9.17, 15) is 0 Å². The van der Waals surface area contributed by atoms with Gasteiger partial charge in [0.05, 0.1) is 11.0 Å². The van der Waals surface area contributed by atoms with Crippen LogP contribution in [0, 0.1) is 13.8 Å². The molecule has 1 aromatic heterocycles. The summed E-state index contributed by atoms with van der Waals surface area (Å²) >= 11 is 0. The number of aryl methyl sites for hydroxylation is 2. The summed E-state index contributed by atoms with van der Waals surface area (Å²) in [5, 5.41) is 7.70. The molecule has 1 nitrogen and oxygen atoms in total. The van der Waals surface area contributed by atoms with Gasteiger partial charge in [0.25, 0.3) is 0 Å². The summed E-state index contributed by atoms with van der Waals surface area (Å²) in [5.41, 5.74) is 16.2. The largest absolute Gasteiger partial charge is 0.309 e. The first kappa shape index (κ1) is 31.1. The molecule has 0 spiro atoms. The molecule has 1 heterocycles. The van der Waals surface area contributed by atoms with Gasteiger partial charge in [-0.05, 0) is 121 Å². The Kier molecular flexibility index (Phi) is 7.33. The Morgan fingerprint density at radius 1 is 0.283 bits per heavy atom. The lowest BCUT2D eigenvalue weighted by atomic mass is 9.84. The van der Waals surface area contributed by atoms with Gasteiger partial charge in [0.2, 0.25) is 0 Å². The van der Waals surface area contributed by atoms with Gasteiger partial charge >= 0.3 is 0 Å².